The van der Waals surface area contributed by atoms with E-state index in [2.05, 4.69) is 0 Å². The molecule has 0 N–H and O–H groups in total. The summed E-state index contributed by atoms with van der Waals surface area (Å²) < 4.78 is 28.6. The number of hydrogen-bond donors (Lipinski definition) is 0. The van der Waals surface area contributed by atoms with Crippen molar-refractivity contribution in [3.8, 4) is 0 Å². The highest BCUT2D eigenvalue weighted by Gasteiger charge is 2.58. The first kappa shape index (κ1) is 10.9. The summed E-state index contributed by atoms with van der Waals surface area (Å²) in [5.74, 6) is -1.17. The third kappa shape index (κ3) is 1.67. The van der Waals surface area contributed by atoms with Crippen LogP contribution in [0.4, 0.5) is 0 Å². The average molecular weight is 230 g/mol. The van der Waals surface area contributed by atoms with Crippen LogP contribution in [-0.2, 0) is 23.7 Å². The Hall–Kier alpha value is -0.200. The van der Waals surface area contributed by atoms with Crippen molar-refractivity contribution in [3.63, 3.8) is 0 Å². The van der Waals surface area contributed by atoms with Gasteiger partial charge in [0, 0.05) is 0 Å². The molecule has 0 bridgehead atoms. The van der Waals surface area contributed by atoms with Crippen LogP contribution in [0.3, 0.4) is 0 Å². The van der Waals surface area contributed by atoms with Gasteiger partial charge in [-0.1, -0.05) is 0 Å². The zero-order valence-corrected chi connectivity index (χ0v) is 10.1. The Morgan fingerprint density at radius 3 is 2.31 bits per heavy atom. The van der Waals surface area contributed by atoms with Crippen molar-refractivity contribution >= 4 is 0 Å². The molecule has 5 nitrogen and oxygen atoms in total. The smallest absolute Gasteiger partial charge is 0.190 e. The van der Waals surface area contributed by atoms with Crippen LogP contribution in [0.15, 0.2) is 0 Å². The van der Waals surface area contributed by atoms with Gasteiger partial charge in [-0.25, -0.2) is 0 Å². The summed E-state index contributed by atoms with van der Waals surface area (Å²) in [6.45, 7) is 8.09. The minimum absolute atomic E-state index is 0.0841. The predicted molar refractivity (Wildman–Crippen MR) is 53.6 cm³/mol. The SMILES string of the molecule is CC1(C)OC2[C@H](O[C@@H]3COC(C)(C)O[C@@H]23)O1. The third-order valence-electron chi connectivity index (χ3n) is 3.10. The van der Waals surface area contributed by atoms with Gasteiger partial charge in [0.1, 0.15) is 18.3 Å². The highest BCUT2D eigenvalue weighted by atomic mass is 16.9. The standard InChI is InChI=1S/C11H18O5/c1-10(2)12-5-6-7(14-10)8-9(13-6)16-11(3,4)15-8/h6-9H,5H2,1-4H3/t6-,7-,8?,9-/m1/s1. The molecule has 0 saturated carbocycles. The van der Waals surface area contributed by atoms with Gasteiger partial charge in [0.25, 0.3) is 0 Å². The van der Waals surface area contributed by atoms with E-state index in [1.165, 1.54) is 0 Å². The van der Waals surface area contributed by atoms with Gasteiger partial charge in [0.05, 0.1) is 6.61 Å². The highest BCUT2D eigenvalue weighted by molar-refractivity contribution is 4.96. The van der Waals surface area contributed by atoms with Gasteiger partial charge in [0.15, 0.2) is 17.9 Å². The van der Waals surface area contributed by atoms with Crippen molar-refractivity contribution in [3.05, 3.63) is 0 Å². The molecule has 1 unspecified atom stereocenters. The maximum atomic E-state index is 5.85. The number of fused-ring (bicyclic) bond motifs is 3. The Labute approximate surface area is 94.9 Å². The quantitative estimate of drug-likeness (QED) is 0.621. The zero-order chi connectivity index (χ0) is 11.6. The van der Waals surface area contributed by atoms with Gasteiger partial charge in [-0.3, -0.25) is 0 Å². The first-order valence-corrected chi connectivity index (χ1v) is 5.69. The molecule has 3 fully saturated rings. The Bertz CT molecular complexity index is 301. The molecule has 5 heteroatoms. The van der Waals surface area contributed by atoms with Crippen molar-refractivity contribution in [2.75, 3.05) is 6.61 Å². The summed E-state index contributed by atoms with van der Waals surface area (Å²) in [6.07, 6.45) is -0.666. The van der Waals surface area contributed by atoms with Crippen LogP contribution in [0, 0.1) is 0 Å². The molecule has 3 heterocycles. The van der Waals surface area contributed by atoms with E-state index in [9.17, 15) is 0 Å². The van der Waals surface area contributed by atoms with Crippen molar-refractivity contribution in [2.24, 2.45) is 0 Å². The number of hydrogen-bond acceptors (Lipinski definition) is 5. The Kier molecular flexibility index (Phi) is 2.17. The maximum Gasteiger partial charge on any atom is 0.190 e. The van der Waals surface area contributed by atoms with Crippen LogP contribution in [0.2, 0.25) is 0 Å². The molecule has 3 rings (SSSR count). The van der Waals surface area contributed by atoms with Crippen molar-refractivity contribution in [1.29, 1.82) is 0 Å². The summed E-state index contributed by atoms with van der Waals surface area (Å²) >= 11 is 0. The third-order valence-corrected chi connectivity index (χ3v) is 3.10. The molecular formula is C11H18O5. The lowest BCUT2D eigenvalue weighted by Gasteiger charge is -2.38. The molecule has 0 amide bonds. The van der Waals surface area contributed by atoms with E-state index in [0.29, 0.717) is 6.61 Å². The predicted octanol–water partition coefficient (Wildman–Crippen LogP) is 1.01. The second kappa shape index (κ2) is 3.17. The van der Waals surface area contributed by atoms with Gasteiger partial charge in [-0.15, -0.1) is 0 Å². The summed E-state index contributed by atoms with van der Waals surface area (Å²) in [7, 11) is 0. The lowest BCUT2D eigenvalue weighted by atomic mass is 10.1. The topological polar surface area (TPSA) is 46.2 Å². The number of rotatable bonds is 0. The monoisotopic (exact) mass is 230 g/mol. The van der Waals surface area contributed by atoms with Gasteiger partial charge in [0.2, 0.25) is 0 Å². The molecule has 3 saturated heterocycles. The van der Waals surface area contributed by atoms with E-state index in [1.54, 1.807) is 0 Å². The average Bonchev–Trinajstić information content (AvgIpc) is 2.57. The summed E-state index contributed by atoms with van der Waals surface area (Å²) in [5.41, 5.74) is 0. The van der Waals surface area contributed by atoms with Gasteiger partial charge in [-0.05, 0) is 27.7 Å². The Morgan fingerprint density at radius 1 is 0.875 bits per heavy atom. The Balaban J connectivity index is 1.78. The van der Waals surface area contributed by atoms with E-state index < -0.39 is 11.6 Å². The molecule has 0 radical (unpaired) electrons. The lowest BCUT2D eigenvalue weighted by molar-refractivity contribution is -0.319. The molecule has 0 aromatic carbocycles. The minimum Gasteiger partial charge on any atom is -0.348 e. The largest absolute Gasteiger partial charge is 0.348 e. The molecule has 3 aliphatic heterocycles. The molecule has 4 atom stereocenters. The molecule has 0 aromatic heterocycles. The molecule has 0 aliphatic carbocycles. The van der Waals surface area contributed by atoms with Crippen molar-refractivity contribution < 1.29 is 23.7 Å². The fourth-order valence-electron chi connectivity index (χ4n) is 2.47. The van der Waals surface area contributed by atoms with Gasteiger partial charge in [-0.2, -0.15) is 0 Å². The van der Waals surface area contributed by atoms with Crippen molar-refractivity contribution in [2.45, 2.75) is 63.9 Å². The van der Waals surface area contributed by atoms with Crippen LogP contribution >= 0.6 is 0 Å². The summed E-state index contributed by atoms with van der Waals surface area (Å²) in [5, 5.41) is 0. The molecule has 3 aliphatic rings. The second-order valence-corrected chi connectivity index (χ2v) is 5.44. The zero-order valence-electron chi connectivity index (χ0n) is 10.1. The highest BCUT2D eigenvalue weighted by Crippen LogP contribution is 2.42. The van der Waals surface area contributed by atoms with Crippen molar-refractivity contribution in [1.82, 2.24) is 0 Å². The maximum absolute atomic E-state index is 5.85. The van der Waals surface area contributed by atoms with Crippen LogP contribution < -0.4 is 0 Å². The molecule has 0 spiro atoms. The minimum atomic E-state index is -0.591. The first-order chi connectivity index (χ1) is 7.36. The summed E-state index contributed by atoms with van der Waals surface area (Å²) in [4.78, 5) is 0. The molecule has 16 heavy (non-hydrogen) atoms. The van der Waals surface area contributed by atoms with E-state index in [-0.39, 0.29) is 24.6 Å². The van der Waals surface area contributed by atoms with Crippen LogP contribution in [0.5, 0.6) is 0 Å². The normalized spacial score (nSPS) is 48.8. The van der Waals surface area contributed by atoms with E-state index >= 15 is 0 Å². The fraction of sp³-hybridized carbons (Fsp3) is 1.00. The van der Waals surface area contributed by atoms with Gasteiger partial charge < -0.3 is 23.7 Å². The molecule has 0 aromatic rings. The van der Waals surface area contributed by atoms with Crippen LogP contribution in [0.25, 0.3) is 0 Å². The van der Waals surface area contributed by atoms with Crippen LogP contribution in [0.1, 0.15) is 27.7 Å². The molecule has 92 valence electrons. The molecular weight excluding hydrogens is 212 g/mol. The van der Waals surface area contributed by atoms with Crippen LogP contribution in [-0.4, -0.2) is 42.8 Å². The first-order valence-electron chi connectivity index (χ1n) is 5.69. The lowest BCUT2D eigenvalue weighted by Crippen LogP contribution is -2.50. The van der Waals surface area contributed by atoms with E-state index in [1.807, 2.05) is 27.7 Å². The Morgan fingerprint density at radius 2 is 1.56 bits per heavy atom. The van der Waals surface area contributed by atoms with Gasteiger partial charge >= 0.3 is 0 Å². The number of ether oxygens (including phenoxy) is 5. The summed E-state index contributed by atoms with van der Waals surface area (Å²) in [6, 6.07) is 0. The van der Waals surface area contributed by atoms with E-state index in [0.717, 1.165) is 0 Å². The van der Waals surface area contributed by atoms with E-state index in [4.69, 9.17) is 23.7 Å². The fourth-order valence-corrected chi connectivity index (χ4v) is 2.47. The second-order valence-electron chi connectivity index (χ2n) is 5.44.